The summed E-state index contributed by atoms with van der Waals surface area (Å²) in [5, 5.41) is 4.30. The van der Waals surface area contributed by atoms with Gasteiger partial charge in [0.15, 0.2) is 0 Å². The SMILES string of the molecule is COCCCCC(c1cccc(Cl)c1-c1cccc(C)c1)C1CNCCO1. The molecular formula is C23H30ClNO2. The first kappa shape index (κ1) is 20.3. The fraction of sp³-hybridized carbons (Fsp3) is 0.478. The number of hydrogen-bond donors (Lipinski definition) is 1. The largest absolute Gasteiger partial charge is 0.385 e. The zero-order valence-electron chi connectivity index (χ0n) is 16.3. The van der Waals surface area contributed by atoms with E-state index in [2.05, 4.69) is 48.6 Å². The number of unbranched alkanes of at least 4 members (excludes halogenated alkanes) is 1. The molecule has 0 bridgehead atoms. The topological polar surface area (TPSA) is 30.5 Å². The molecule has 1 aliphatic rings. The molecule has 1 N–H and O–H groups in total. The van der Waals surface area contributed by atoms with Crippen molar-refractivity contribution in [2.45, 2.75) is 38.2 Å². The molecular weight excluding hydrogens is 358 g/mol. The summed E-state index contributed by atoms with van der Waals surface area (Å²) in [5.74, 6) is 0.309. The van der Waals surface area contributed by atoms with Gasteiger partial charge in [0, 0.05) is 43.3 Å². The second kappa shape index (κ2) is 10.2. The molecule has 4 heteroatoms. The summed E-state index contributed by atoms with van der Waals surface area (Å²) in [4.78, 5) is 0. The van der Waals surface area contributed by atoms with Crippen molar-refractivity contribution in [3.05, 3.63) is 58.6 Å². The number of halogens is 1. The van der Waals surface area contributed by atoms with Crippen LogP contribution >= 0.6 is 11.6 Å². The van der Waals surface area contributed by atoms with E-state index in [-0.39, 0.29) is 6.10 Å². The minimum atomic E-state index is 0.170. The van der Waals surface area contributed by atoms with Gasteiger partial charge in [-0.3, -0.25) is 0 Å². The molecule has 0 spiro atoms. The zero-order chi connectivity index (χ0) is 19.1. The van der Waals surface area contributed by atoms with Gasteiger partial charge in [-0.1, -0.05) is 60.0 Å². The van der Waals surface area contributed by atoms with E-state index >= 15 is 0 Å². The van der Waals surface area contributed by atoms with Gasteiger partial charge in [0.2, 0.25) is 0 Å². The lowest BCUT2D eigenvalue weighted by atomic mass is 9.83. The monoisotopic (exact) mass is 387 g/mol. The molecule has 1 fully saturated rings. The van der Waals surface area contributed by atoms with Crippen molar-refractivity contribution in [1.29, 1.82) is 0 Å². The van der Waals surface area contributed by atoms with Gasteiger partial charge in [-0.15, -0.1) is 0 Å². The van der Waals surface area contributed by atoms with E-state index < -0.39 is 0 Å². The first-order valence-corrected chi connectivity index (χ1v) is 10.2. The third-order valence-electron chi connectivity index (χ3n) is 5.27. The maximum absolute atomic E-state index is 6.71. The van der Waals surface area contributed by atoms with Crippen LogP contribution in [0.5, 0.6) is 0 Å². The Balaban J connectivity index is 1.96. The highest BCUT2D eigenvalue weighted by atomic mass is 35.5. The van der Waals surface area contributed by atoms with Crippen molar-refractivity contribution in [3.63, 3.8) is 0 Å². The molecule has 1 aliphatic heterocycles. The number of morpholine rings is 1. The number of nitrogens with one attached hydrogen (secondary N) is 1. The zero-order valence-corrected chi connectivity index (χ0v) is 17.1. The van der Waals surface area contributed by atoms with Gasteiger partial charge in [0.25, 0.3) is 0 Å². The number of hydrogen-bond acceptors (Lipinski definition) is 3. The molecule has 2 aromatic rings. The van der Waals surface area contributed by atoms with Crippen LogP contribution < -0.4 is 5.32 Å². The maximum Gasteiger partial charge on any atom is 0.0768 e. The molecule has 2 atom stereocenters. The van der Waals surface area contributed by atoms with Crippen LogP contribution in [0.4, 0.5) is 0 Å². The average molecular weight is 388 g/mol. The molecule has 146 valence electrons. The van der Waals surface area contributed by atoms with E-state index in [9.17, 15) is 0 Å². The van der Waals surface area contributed by atoms with E-state index in [0.29, 0.717) is 5.92 Å². The van der Waals surface area contributed by atoms with E-state index in [4.69, 9.17) is 21.1 Å². The molecule has 1 heterocycles. The van der Waals surface area contributed by atoms with Crippen LogP contribution in [-0.2, 0) is 9.47 Å². The molecule has 2 aromatic carbocycles. The van der Waals surface area contributed by atoms with Gasteiger partial charge in [0.05, 0.1) is 12.7 Å². The fourth-order valence-corrected chi connectivity index (χ4v) is 4.24. The summed E-state index contributed by atoms with van der Waals surface area (Å²) in [5.41, 5.74) is 4.86. The fourth-order valence-electron chi connectivity index (χ4n) is 3.95. The lowest BCUT2D eigenvalue weighted by molar-refractivity contribution is 0.00858. The molecule has 3 rings (SSSR count). The molecule has 0 aliphatic carbocycles. The highest BCUT2D eigenvalue weighted by Gasteiger charge is 2.28. The third kappa shape index (κ3) is 5.32. The molecule has 1 saturated heterocycles. The quantitative estimate of drug-likeness (QED) is 0.631. The second-order valence-corrected chi connectivity index (χ2v) is 7.69. The molecule has 0 aromatic heterocycles. The third-order valence-corrected chi connectivity index (χ3v) is 5.59. The predicted octanol–water partition coefficient (Wildman–Crippen LogP) is 5.20. The van der Waals surface area contributed by atoms with Crippen LogP contribution in [0.15, 0.2) is 42.5 Å². The number of benzene rings is 2. The number of rotatable bonds is 8. The Hall–Kier alpha value is -1.39. The van der Waals surface area contributed by atoms with Crippen molar-refractivity contribution in [3.8, 4) is 11.1 Å². The Morgan fingerprint density at radius 3 is 2.81 bits per heavy atom. The smallest absolute Gasteiger partial charge is 0.0768 e. The van der Waals surface area contributed by atoms with Gasteiger partial charge >= 0.3 is 0 Å². The number of ether oxygens (including phenoxy) is 2. The first-order chi connectivity index (χ1) is 13.2. The van der Waals surface area contributed by atoms with Gasteiger partial charge in [-0.2, -0.15) is 0 Å². The predicted molar refractivity (Wildman–Crippen MR) is 113 cm³/mol. The van der Waals surface area contributed by atoms with Gasteiger partial charge in [-0.25, -0.2) is 0 Å². The minimum Gasteiger partial charge on any atom is -0.385 e. The Morgan fingerprint density at radius 1 is 1.22 bits per heavy atom. The van der Waals surface area contributed by atoms with Gasteiger partial charge in [-0.05, 0) is 37.0 Å². The maximum atomic E-state index is 6.71. The van der Waals surface area contributed by atoms with E-state index in [1.54, 1.807) is 7.11 Å². The van der Waals surface area contributed by atoms with Crippen molar-refractivity contribution < 1.29 is 9.47 Å². The van der Waals surface area contributed by atoms with Crippen LogP contribution in [0.2, 0.25) is 5.02 Å². The standard InChI is InChI=1S/C23H30ClNO2/c1-17-7-5-8-18(15-17)23-20(10-6-11-21(23)24)19(9-3-4-13-26-2)22-16-25-12-14-27-22/h5-8,10-11,15,19,22,25H,3-4,9,12-14,16H2,1-2H3. The molecule has 0 amide bonds. The van der Waals surface area contributed by atoms with Crippen molar-refractivity contribution in [2.75, 3.05) is 33.4 Å². The van der Waals surface area contributed by atoms with Crippen molar-refractivity contribution >= 4 is 11.6 Å². The van der Waals surface area contributed by atoms with E-state index in [1.165, 1.54) is 16.7 Å². The van der Waals surface area contributed by atoms with Gasteiger partial charge < -0.3 is 14.8 Å². The normalized spacial score (nSPS) is 18.4. The summed E-state index contributed by atoms with van der Waals surface area (Å²) >= 11 is 6.71. The molecule has 0 saturated carbocycles. The lowest BCUT2D eigenvalue weighted by Gasteiger charge is -2.33. The van der Waals surface area contributed by atoms with Crippen molar-refractivity contribution in [1.82, 2.24) is 5.32 Å². The number of aryl methyl sites for hydroxylation is 1. The summed E-state index contributed by atoms with van der Waals surface area (Å²) in [6, 6.07) is 14.9. The lowest BCUT2D eigenvalue weighted by Crippen LogP contribution is -2.42. The van der Waals surface area contributed by atoms with Crippen LogP contribution in [0, 0.1) is 6.92 Å². The Bertz CT molecular complexity index is 728. The Kier molecular flexibility index (Phi) is 7.71. The van der Waals surface area contributed by atoms with E-state index in [0.717, 1.165) is 56.2 Å². The van der Waals surface area contributed by atoms with Crippen LogP contribution in [-0.4, -0.2) is 39.5 Å². The van der Waals surface area contributed by atoms with Crippen LogP contribution in [0.3, 0.4) is 0 Å². The van der Waals surface area contributed by atoms with E-state index in [1.807, 2.05) is 6.07 Å². The second-order valence-electron chi connectivity index (χ2n) is 7.28. The summed E-state index contributed by atoms with van der Waals surface area (Å²) < 4.78 is 11.4. The van der Waals surface area contributed by atoms with Crippen molar-refractivity contribution in [2.24, 2.45) is 0 Å². The summed E-state index contributed by atoms with van der Waals surface area (Å²) in [6.45, 7) is 5.49. The molecule has 27 heavy (non-hydrogen) atoms. The Morgan fingerprint density at radius 2 is 2.07 bits per heavy atom. The Labute approximate surface area is 168 Å². The first-order valence-electron chi connectivity index (χ1n) is 9.87. The van der Waals surface area contributed by atoms with Crippen LogP contribution in [0.25, 0.3) is 11.1 Å². The van der Waals surface area contributed by atoms with Crippen LogP contribution in [0.1, 0.15) is 36.3 Å². The summed E-state index contributed by atoms with van der Waals surface area (Å²) in [6.07, 6.45) is 3.41. The minimum absolute atomic E-state index is 0.170. The number of methoxy groups -OCH3 is 1. The highest BCUT2D eigenvalue weighted by molar-refractivity contribution is 6.33. The molecule has 3 nitrogen and oxygen atoms in total. The highest BCUT2D eigenvalue weighted by Crippen LogP contribution is 2.39. The molecule has 0 radical (unpaired) electrons. The molecule has 2 unspecified atom stereocenters. The average Bonchev–Trinajstić information content (AvgIpc) is 2.68. The van der Waals surface area contributed by atoms with Gasteiger partial charge in [0.1, 0.15) is 0 Å². The summed E-state index contributed by atoms with van der Waals surface area (Å²) in [7, 11) is 1.76.